The molecule has 7 nitrogen and oxygen atoms in total. The molecule has 2 aromatic heterocycles. The van der Waals surface area contributed by atoms with Crippen molar-refractivity contribution in [3.8, 4) is 21.9 Å². The van der Waals surface area contributed by atoms with Crippen LogP contribution in [0.2, 0.25) is 0 Å². The number of hydrogen-bond acceptors (Lipinski definition) is 6. The van der Waals surface area contributed by atoms with Crippen LogP contribution < -0.4 is 9.47 Å². The van der Waals surface area contributed by atoms with Gasteiger partial charge in [-0.05, 0) is 62.1 Å². The van der Waals surface area contributed by atoms with Gasteiger partial charge in [-0.3, -0.25) is 9.48 Å². The molecular weight excluding hydrogens is 438 g/mol. The largest absolute Gasteiger partial charge is 0.487 e. The van der Waals surface area contributed by atoms with E-state index in [1.165, 1.54) is 16.2 Å². The first-order valence-electron chi connectivity index (χ1n) is 11.5. The predicted octanol–water partition coefficient (Wildman–Crippen LogP) is 4.29. The Balaban J connectivity index is 1.42. The van der Waals surface area contributed by atoms with E-state index in [0.717, 1.165) is 42.1 Å². The Morgan fingerprint density at radius 3 is 2.97 bits per heavy atom. The molecule has 1 aromatic carbocycles. The van der Waals surface area contributed by atoms with Crippen LogP contribution in [-0.2, 0) is 22.6 Å². The van der Waals surface area contributed by atoms with Crippen LogP contribution in [0.15, 0.2) is 42.7 Å². The first kappa shape index (κ1) is 22.0. The summed E-state index contributed by atoms with van der Waals surface area (Å²) in [5.74, 6) is 1.48. The lowest BCUT2D eigenvalue weighted by atomic mass is 10.1. The van der Waals surface area contributed by atoms with Crippen LogP contribution in [0, 0.1) is 6.92 Å². The number of hydrogen-bond donors (Lipinski definition) is 0. The van der Waals surface area contributed by atoms with Gasteiger partial charge >= 0.3 is 0 Å². The monoisotopic (exact) mass is 467 g/mol. The Kier molecular flexibility index (Phi) is 6.64. The third-order valence-electron chi connectivity index (χ3n) is 6.03. The molecule has 0 bridgehead atoms. The van der Waals surface area contributed by atoms with E-state index >= 15 is 0 Å². The lowest BCUT2D eigenvalue weighted by molar-refractivity contribution is -0.132. The molecule has 0 saturated carbocycles. The Morgan fingerprint density at radius 1 is 1.27 bits per heavy atom. The standard InChI is InChI=1S/C25H29N3O4S/c1-18-6-7-23(33-18)19-13-20-15-27(24(29)16-28-9-4-8-26-28)10-12-31-25(20)22(14-19)32-17-21-5-2-3-11-30-21/h4,6-9,13-14,21H,2-3,5,10-12,15-17H2,1H3/t21-/m0/s1. The summed E-state index contributed by atoms with van der Waals surface area (Å²) in [6, 6.07) is 10.3. The molecule has 0 spiro atoms. The molecule has 1 fully saturated rings. The molecule has 3 aromatic rings. The van der Waals surface area contributed by atoms with Gasteiger partial charge in [-0.15, -0.1) is 11.3 Å². The van der Waals surface area contributed by atoms with Crippen molar-refractivity contribution in [2.24, 2.45) is 0 Å². The van der Waals surface area contributed by atoms with Gasteiger partial charge in [-0.25, -0.2) is 0 Å². The first-order chi connectivity index (χ1) is 16.2. The highest BCUT2D eigenvalue weighted by atomic mass is 32.1. The fourth-order valence-corrected chi connectivity index (χ4v) is 5.14. The zero-order valence-corrected chi connectivity index (χ0v) is 19.7. The second-order valence-corrected chi connectivity index (χ2v) is 9.83. The number of fused-ring (bicyclic) bond motifs is 1. The molecule has 1 amide bonds. The van der Waals surface area contributed by atoms with E-state index in [1.54, 1.807) is 28.4 Å². The average Bonchev–Trinajstić information content (AvgIpc) is 3.45. The number of carbonyl (C=O) groups excluding carboxylic acids is 1. The molecule has 33 heavy (non-hydrogen) atoms. The molecule has 1 atom stereocenters. The topological polar surface area (TPSA) is 65.8 Å². The second-order valence-electron chi connectivity index (χ2n) is 8.54. The minimum absolute atomic E-state index is 0.0191. The SMILES string of the molecule is Cc1ccc(-c2cc3c(c(OC[C@@H]4CCCCO4)c2)OCCN(C(=O)Cn2cccn2)C3)s1. The number of thiophene rings is 1. The van der Waals surface area contributed by atoms with Gasteiger partial charge in [-0.1, -0.05) is 0 Å². The van der Waals surface area contributed by atoms with Crippen LogP contribution >= 0.6 is 11.3 Å². The number of amides is 1. The fraction of sp³-hybridized carbons (Fsp3) is 0.440. The predicted molar refractivity (Wildman–Crippen MR) is 127 cm³/mol. The summed E-state index contributed by atoms with van der Waals surface area (Å²) < 4.78 is 20.0. The zero-order valence-electron chi connectivity index (χ0n) is 18.9. The van der Waals surface area contributed by atoms with Crippen LogP contribution in [-0.4, -0.2) is 53.1 Å². The minimum Gasteiger partial charge on any atom is -0.487 e. The van der Waals surface area contributed by atoms with E-state index in [0.29, 0.717) is 26.3 Å². The van der Waals surface area contributed by atoms with Gasteiger partial charge in [0.15, 0.2) is 11.5 Å². The molecule has 0 N–H and O–H groups in total. The van der Waals surface area contributed by atoms with E-state index in [4.69, 9.17) is 14.2 Å². The first-order valence-corrected chi connectivity index (χ1v) is 12.3. The zero-order chi connectivity index (χ0) is 22.6. The van der Waals surface area contributed by atoms with E-state index in [-0.39, 0.29) is 18.6 Å². The third-order valence-corrected chi connectivity index (χ3v) is 7.08. The number of aromatic nitrogens is 2. The smallest absolute Gasteiger partial charge is 0.244 e. The maximum absolute atomic E-state index is 13.0. The van der Waals surface area contributed by atoms with E-state index in [1.807, 2.05) is 11.0 Å². The minimum atomic E-state index is 0.0191. The molecule has 174 valence electrons. The third kappa shape index (κ3) is 5.23. The van der Waals surface area contributed by atoms with Gasteiger partial charge in [0.05, 0.1) is 12.6 Å². The highest BCUT2D eigenvalue weighted by molar-refractivity contribution is 7.15. The van der Waals surface area contributed by atoms with Gasteiger partial charge < -0.3 is 19.1 Å². The van der Waals surface area contributed by atoms with Crippen molar-refractivity contribution in [3.63, 3.8) is 0 Å². The molecule has 8 heteroatoms. The average molecular weight is 468 g/mol. The van der Waals surface area contributed by atoms with Gasteiger partial charge in [0.1, 0.15) is 19.8 Å². The van der Waals surface area contributed by atoms with Crippen molar-refractivity contribution in [1.82, 2.24) is 14.7 Å². The number of nitrogens with zero attached hydrogens (tertiary/aromatic N) is 3. The molecule has 1 saturated heterocycles. The Hall–Kier alpha value is -2.84. The van der Waals surface area contributed by atoms with E-state index in [9.17, 15) is 4.79 Å². The second kappa shape index (κ2) is 9.97. The molecule has 2 aliphatic heterocycles. The van der Waals surface area contributed by atoms with Crippen LogP contribution in [0.1, 0.15) is 29.7 Å². The molecule has 0 unspecified atom stereocenters. The number of aryl methyl sites for hydroxylation is 1. The number of rotatable bonds is 6. The van der Waals surface area contributed by atoms with Crippen molar-refractivity contribution >= 4 is 17.2 Å². The molecule has 5 rings (SSSR count). The van der Waals surface area contributed by atoms with Crippen LogP contribution in [0.4, 0.5) is 0 Å². The number of benzene rings is 1. The number of carbonyl (C=O) groups is 1. The van der Waals surface area contributed by atoms with Crippen molar-refractivity contribution in [2.45, 2.75) is 45.4 Å². The van der Waals surface area contributed by atoms with Gasteiger partial charge in [0.2, 0.25) is 5.91 Å². The molecule has 4 heterocycles. The van der Waals surface area contributed by atoms with Crippen molar-refractivity contribution in [2.75, 3.05) is 26.4 Å². The lowest BCUT2D eigenvalue weighted by Crippen LogP contribution is -2.35. The summed E-state index contributed by atoms with van der Waals surface area (Å²) in [7, 11) is 0. The van der Waals surface area contributed by atoms with E-state index < -0.39 is 0 Å². The molecule has 0 aliphatic carbocycles. The normalized spacial score (nSPS) is 18.3. The maximum Gasteiger partial charge on any atom is 0.244 e. The lowest BCUT2D eigenvalue weighted by Gasteiger charge is -2.24. The summed E-state index contributed by atoms with van der Waals surface area (Å²) in [6.07, 6.45) is 6.90. The van der Waals surface area contributed by atoms with Crippen molar-refractivity contribution < 1.29 is 19.0 Å². The number of ether oxygens (including phenoxy) is 3. The van der Waals surface area contributed by atoms with E-state index in [2.05, 4.69) is 36.3 Å². The van der Waals surface area contributed by atoms with Crippen LogP contribution in [0.5, 0.6) is 11.5 Å². The van der Waals surface area contributed by atoms with Gasteiger partial charge in [-0.2, -0.15) is 5.10 Å². The fourth-order valence-electron chi connectivity index (χ4n) is 4.29. The summed E-state index contributed by atoms with van der Waals surface area (Å²) in [4.78, 5) is 17.2. The van der Waals surface area contributed by atoms with Gasteiger partial charge in [0, 0.05) is 40.9 Å². The Morgan fingerprint density at radius 2 is 2.21 bits per heavy atom. The van der Waals surface area contributed by atoms with Crippen molar-refractivity contribution in [1.29, 1.82) is 0 Å². The quantitative estimate of drug-likeness (QED) is 0.541. The summed E-state index contributed by atoms with van der Waals surface area (Å²) in [6.45, 7) is 5.04. The Bertz CT molecular complexity index is 1090. The Labute approximate surface area is 197 Å². The van der Waals surface area contributed by atoms with Gasteiger partial charge in [0.25, 0.3) is 0 Å². The molecule has 0 radical (unpaired) electrons. The van der Waals surface area contributed by atoms with Crippen LogP contribution in [0.3, 0.4) is 0 Å². The van der Waals surface area contributed by atoms with Crippen LogP contribution in [0.25, 0.3) is 10.4 Å². The summed E-state index contributed by atoms with van der Waals surface area (Å²) in [5.41, 5.74) is 2.04. The molecule has 2 aliphatic rings. The highest BCUT2D eigenvalue weighted by Crippen LogP contribution is 2.40. The highest BCUT2D eigenvalue weighted by Gasteiger charge is 2.25. The summed E-state index contributed by atoms with van der Waals surface area (Å²) >= 11 is 1.75. The molecular formula is C25H29N3O4S. The summed E-state index contributed by atoms with van der Waals surface area (Å²) in [5, 5.41) is 4.17. The maximum atomic E-state index is 13.0. The van der Waals surface area contributed by atoms with Crippen molar-refractivity contribution in [3.05, 3.63) is 53.2 Å².